The number of rotatable bonds is 4. The summed E-state index contributed by atoms with van der Waals surface area (Å²) in [5.74, 6) is -2.12. The molecule has 1 amide bonds. The number of aliphatic imine (C=N–C) groups is 1. The summed E-state index contributed by atoms with van der Waals surface area (Å²) in [4.78, 5) is 19.7. The smallest absolute Gasteiger partial charge is 0.283 e. The lowest BCUT2D eigenvalue weighted by molar-refractivity contribution is 0.00453. The van der Waals surface area contributed by atoms with Crippen LogP contribution in [0.3, 0.4) is 0 Å². The zero-order chi connectivity index (χ0) is 20.5. The zero-order valence-electron chi connectivity index (χ0n) is 14.6. The first-order chi connectivity index (χ1) is 13.2. The Morgan fingerprint density at radius 3 is 2.71 bits per heavy atom. The number of nitrogens with zero attached hydrogens (tertiary/aromatic N) is 2. The quantitative estimate of drug-likeness (QED) is 0.778. The topological polar surface area (TPSA) is 89.6 Å². The highest BCUT2D eigenvalue weighted by Crippen LogP contribution is 2.39. The third-order valence-corrected chi connectivity index (χ3v) is 4.36. The molecule has 1 aromatic carbocycles. The number of ether oxygens (including phenoxy) is 1. The van der Waals surface area contributed by atoms with Gasteiger partial charge in [-0.3, -0.25) is 4.79 Å². The van der Waals surface area contributed by atoms with Crippen LogP contribution in [0, 0.1) is 11.6 Å². The van der Waals surface area contributed by atoms with E-state index in [4.69, 9.17) is 10.5 Å². The molecule has 0 saturated heterocycles. The Morgan fingerprint density at radius 1 is 1.32 bits per heavy atom. The third kappa shape index (κ3) is 3.62. The van der Waals surface area contributed by atoms with Crippen LogP contribution in [-0.4, -0.2) is 35.9 Å². The molecule has 1 aliphatic rings. The van der Waals surface area contributed by atoms with Gasteiger partial charge in [0.2, 0.25) is 0 Å². The summed E-state index contributed by atoms with van der Waals surface area (Å²) >= 11 is 0. The van der Waals surface area contributed by atoms with Crippen molar-refractivity contribution in [1.29, 1.82) is 0 Å². The minimum absolute atomic E-state index is 0.0762. The largest absolute Gasteiger partial charge is 0.456 e. The van der Waals surface area contributed by atoms with Crippen LogP contribution in [0.1, 0.15) is 23.0 Å². The lowest BCUT2D eigenvalue weighted by Gasteiger charge is -2.37. The summed E-state index contributed by atoms with van der Waals surface area (Å²) in [5, 5.41) is 2.45. The van der Waals surface area contributed by atoms with Crippen molar-refractivity contribution in [2.45, 2.75) is 24.7 Å². The van der Waals surface area contributed by atoms with Crippen molar-refractivity contribution in [3.8, 4) is 0 Å². The van der Waals surface area contributed by atoms with Crippen LogP contribution in [-0.2, 0) is 10.3 Å². The summed E-state index contributed by atoms with van der Waals surface area (Å²) in [7, 11) is 0. The number of hydrogen-bond donors (Lipinski definition) is 2. The lowest BCUT2D eigenvalue weighted by atomic mass is 9.84. The van der Waals surface area contributed by atoms with E-state index >= 15 is 0 Å². The number of amides is 1. The van der Waals surface area contributed by atoms with E-state index in [9.17, 15) is 22.4 Å². The standard InChI is InChI=1S/C18H16F4N4O2/c1-18(15(22)14(7-19)28-17(23)26-18)11-6-10(3-4-12(11)21)25-16(27)13-5-2-9(20)8-24-13/h2-6,8,14-15H,7H2,1H3,(H2,23,26)(H,25,27)/t14-,15+,18-/m1/s1. The van der Waals surface area contributed by atoms with Gasteiger partial charge >= 0.3 is 0 Å². The van der Waals surface area contributed by atoms with Gasteiger partial charge in [-0.15, -0.1) is 0 Å². The van der Waals surface area contributed by atoms with Gasteiger partial charge in [0.25, 0.3) is 11.9 Å². The van der Waals surface area contributed by atoms with Gasteiger partial charge in [-0.1, -0.05) is 0 Å². The zero-order valence-corrected chi connectivity index (χ0v) is 14.6. The second-order valence-corrected chi connectivity index (χ2v) is 6.32. The first-order valence-electron chi connectivity index (χ1n) is 8.19. The maximum atomic E-state index is 14.8. The summed E-state index contributed by atoms with van der Waals surface area (Å²) in [6, 6.07) is 5.18. The van der Waals surface area contributed by atoms with Crippen molar-refractivity contribution in [2.24, 2.45) is 10.7 Å². The van der Waals surface area contributed by atoms with Crippen molar-refractivity contribution >= 4 is 17.6 Å². The first-order valence-corrected chi connectivity index (χ1v) is 8.19. The molecule has 2 aromatic rings. The second kappa shape index (κ2) is 7.45. The van der Waals surface area contributed by atoms with E-state index in [2.05, 4.69) is 15.3 Å². The van der Waals surface area contributed by atoms with Crippen molar-refractivity contribution < 1.29 is 27.1 Å². The number of benzene rings is 1. The molecule has 0 spiro atoms. The molecule has 2 heterocycles. The van der Waals surface area contributed by atoms with Crippen molar-refractivity contribution in [2.75, 3.05) is 12.0 Å². The average Bonchev–Trinajstić information content (AvgIpc) is 2.66. The summed E-state index contributed by atoms with van der Waals surface area (Å²) in [6.45, 7) is 0.0719. The highest BCUT2D eigenvalue weighted by atomic mass is 19.1. The van der Waals surface area contributed by atoms with E-state index in [-0.39, 0.29) is 16.9 Å². The van der Waals surface area contributed by atoms with Gasteiger partial charge in [0.05, 0.1) is 6.20 Å². The van der Waals surface area contributed by atoms with Crippen LogP contribution in [0.15, 0.2) is 41.5 Å². The molecule has 1 aromatic heterocycles. The fourth-order valence-corrected chi connectivity index (χ4v) is 2.91. The number of anilines is 1. The Hall–Kier alpha value is -3.17. The van der Waals surface area contributed by atoms with E-state index in [0.29, 0.717) is 0 Å². The van der Waals surface area contributed by atoms with Crippen LogP contribution in [0.2, 0.25) is 0 Å². The number of aromatic nitrogens is 1. The van der Waals surface area contributed by atoms with Crippen LogP contribution < -0.4 is 11.1 Å². The summed E-state index contributed by atoms with van der Waals surface area (Å²) < 4.78 is 60.1. The van der Waals surface area contributed by atoms with Gasteiger partial charge in [-0.25, -0.2) is 27.5 Å². The molecule has 0 aliphatic carbocycles. The third-order valence-electron chi connectivity index (χ3n) is 4.36. The highest BCUT2D eigenvalue weighted by Gasteiger charge is 2.48. The molecule has 3 rings (SSSR count). The van der Waals surface area contributed by atoms with E-state index in [1.54, 1.807) is 0 Å². The Labute approximate surface area is 157 Å². The molecular weight excluding hydrogens is 380 g/mol. The van der Waals surface area contributed by atoms with Gasteiger partial charge in [0, 0.05) is 11.3 Å². The fraction of sp³-hybridized carbons (Fsp3) is 0.278. The molecule has 3 N–H and O–H groups in total. The number of carbonyl (C=O) groups is 1. The number of carbonyl (C=O) groups excluding carboxylic acids is 1. The van der Waals surface area contributed by atoms with E-state index < -0.39 is 48.1 Å². The molecule has 0 saturated carbocycles. The molecule has 10 heteroatoms. The average molecular weight is 396 g/mol. The molecule has 6 nitrogen and oxygen atoms in total. The fourth-order valence-electron chi connectivity index (χ4n) is 2.91. The Bertz CT molecular complexity index is 922. The van der Waals surface area contributed by atoms with E-state index in [1.807, 2.05) is 0 Å². The molecule has 1 aliphatic heterocycles. The molecule has 0 bridgehead atoms. The number of amidine groups is 1. The van der Waals surface area contributed by atoms with Crippen LogP contribution in [0.5, 0.6) is 0 Å². The normalized spacial score (nSPS) is 24.2. The monoisotopic (exact) mass is 396 g/mol. The van der Waals surface area contributed by atoms with Crippen molar-refractivity contribution in [3.63, 3.8) is 0 Å². The maximum absolute atomic E-state index is 14.8. The second-order valence-electron chi connectivity index (χ2n) is 6.32. The number of hydrogen-bond acceptors (Lipinski definition) is 5. The number of alkyl halides is 2. The summed E-state index contributed by atoms with van der Waals surface area (Å²) in [5.41, 5.74) is 3.43. The van der Waals surface area contributed by atoms with Crippen LogP contribution >= 0.6 is 0 Å². The number of nitrogens with two attached hydrogens (primary N) is 1. The van der Waals surface area contributed by atoms with Gasteiger partial charge in [-0.05, 0) is 37.3 Å². The minimum atomic E-state index is -2.02. The van der Waals surface area contributed by atoms with Crippen LogP contribution in [0.25, 0.3) is 0 Å². The van der Waals surface area contributed by atoms with Gasteiger partial charge in [0.15, 0.2) is 12.3 Å². The minimum Gasteiger partial charge on any atom is -0.456 e. The molecule has 28 heavy (non-hydrogen) atoms. The van der Waals surface area contributed by atoms with E-state index in [0.717, 1.165) is 18.3 Å². The Kier molecular flexibility index (Phi) is 5.21. The van der Waals surface area contributed by atoms with Crippen LogP contribution in [0.4, 0.5) is 23.2 Å². The Morgan fingerprint density at radius 2 is 2.07 bits per heavy atom. The van der Waals surface area contributed by atoms with E-state index in [1.165, 1.54) is 25.1 Å². The van der Waals surface area contributed by atoms with Gasteiger partial charge in [0.1, 0.15) is 29.5 Å². The molecule has 0 fully saturated rings. The molecular formula is C18H16F4N4O2. The first kappa shape index (κ1) is 19.6. The molecule has 0 unspecified atom stereocenters. The molecule has 0 radical (unpaired) electrons. The summed E-state index contributed by atoms with van der Waals surface area (Å²) in [6.07, 6.45) is -2.69. The number of pyridine rings is 1. The maximum Gasteiger partial charge on any atom is 0.283 e. The van der Waals surface area contributed by atoms with Crippen molar-refractivity contribution in [1.82, 2.24) is 4.98 Å². The lowest BCUT2D eigenvalue weighted by Crippen LogP contribution is -2.50. The molecule has 3 atom stereocenters. The SMILES string of the molecule is C[C@]1(c2cc(NC(=O)c3ccc(F)cn3)ccc2F)N=C(N)O[C@H](CF)[C@@H]1F. The number of nitrogens with one attached hydrogen (secondary N) is 1. The Balaban J connectivity index is 1.94. The predicted octanol–water partition coefficient (Wildman–Crippen LogP) is 2.85. The van der Waals surface area contributed by atoms with Gasteiger partial charge < -0.3 is 15.8 Å². The molecule has 148 valence electrons. The van der Waals surface area contributed by atoms with Crippen molar-refractivity contribution in [3.05, 3.63) is 59.4 Å². The highest BCUT2D eigenvalue weighted by molar-refractivity contribution is 6.02. The number of halogens is 4. The van der Waals surface area contributed by atoms with Gasteiger partial charge in [-0.2, -0.15) is 0 Å². The predicted molar refractivity (Wildman–Crippen MR) is 93.3 cm³/mol.